The van der Waals surface area contributed by atoms with Gasteiger partial charge in [0.25, 0.3) is 0 Å². The van der Waals surface area contributed by atoms with Gasteiger partial charge in [0.05, 0.1) is 19.8 Å². The summed E-state index contributed by atoms with van der Waals surface area (Å²) in [6.07, 6.45) is 0. The van der Waals surface area contributed by atoms with Crippen molar-refractivity contribution in [1.29, 1.82) is 0 Å². The number of carboxylic acid groups (broad SMARTS) is 1. The van der Waals surface area contributed by atoms with Crippen LogP contribution in [0.5, 0.6) is 11.5 Å². The predicted octanol–water partition coefficient (Wildman–Crippen LogP) is 4.16. The zero-order valence-electron chi connectivity index (χ0n) is 17.9. The van der Waals surface area contributed by atoms with Gasteiger partial charge in [-0.3, -0.25) is 0 Å². The summed E-state index contributed by atoms with van der Waals surface area (Å²) >= 11 is 0. The summed E-state index contributed by atoms with van der Waals surface area (Å²) in [6.45, 7) is 5.55. The maximum atomic E-state index is 12.0. The number of methoxy groups -OCH3 is 2. The van der Waals surface area contributed by atoms with Crippen molar-refractivity contribution in [2.75, 3.05) is 14.2 Å². The predicted molar refractivity (Wildman–Crippen MR) is 116 cm³/mol. The number of aromatic nitrogens is 1. The van der Waals surface area contributed by atoms with Gasteiger partial charge in [-0.1, -0.05) is 24.3 Å². The van der Waals surface area contributed by atoms with Crippen LogP contribution in [-0.2, 0) is 19.6 Å². The Hall–Kier alpha value is -3.25. The van der Waals surface area contributed by atoms with E-state index in [9.17, 15) is 9.90 Å². The van der Waals surface area contributed by atoms with Gasteiger partial charge >= 0.3 is 5.97 Å². The molecule has 0 spiro atoms. The summed E-state index contributed by atoms with van der Waals surface area (Å²) in [5.74, 6) is 0.698. The fourth-order valence-corrected chi connectivity index (χ4v) is 3.71. The molecule has 6 nitrogen and oxygen atoms in total. The summed E-state index contributed by atoms with van der Waals surface area (Å²) in [5, 5.41) is 13.2. The van der Waals surface area contributed by atoms with Gasteiger partial charge in [-0.2, -0.15) is 0 Å². The van der Waals surface area contributed by atoms with Gasteiger partial charge < -0.3 is 24.5 Å². The minimum absolute atomic E-state index is 0.373. The van der Waals surface area contributed by atoms with Crippen LogP contribution in [0, 0.1) is 13.8 Å². The van der Waals surface area contributed by atoms with Crippen LogP contribution in [-0.4, -0.2) is 29.9 Å². The first-order chi connectivity index (χ1) is 14.4. The Morgan fingerprint density at radius 3 is 2.27 bits per heavy atom. The fraction of sp³-hybridized carbons (Fsp3) is 0.292. The number of hydrogen-bond acceptors (Lipinski definition) is 4. The van der Waals surface area contributed by atoms with E-state index < -0.39 is 5.97 Å². The monoisotopic (exact) mass is 408 g/mol. The number of nitrogens with zero attached hydrogens (tertiary/aromatic N) is 1. The number of nitrogens with one attached hydrogen (secondary N) is 1. The van der Waals surface area contributed by atoms with Gasteiger partial charge in [0.1, 0.15) is 11.5 Å². The number of aromatic carboxylic acids is 1. The van der Waals surface area contributed by atoms with Crippen LogP contribution in [0.1, 0.15) is 38.4 Å². The van der Waals surface area contributed by atoms with Crippen LogP contribution in [0.2, 0.25) is 0 Å². The second-order valence-corrected chi connectivity index (χ2v) is 7.22. The fourth-order valence-electron chi connectivity index (χ4n) is 3.71. The maximum absolute atomic E-state index is 12.0. The molecule has 0 fully saturated rings. The van der Waals surface area contributed by atoms with E-state index in [0.29, 0.717) is 25.2 Å². The van der Waals surface area contributed by atoms with Gasteiger partial charge in [0.15, 0.2) is 0 Å². The molecule has 0 aliphatic heterocycles. The lowest BCUT2D eigenvalue weighted by atomic mass is 10.1. The Morgan fingerprint density at radius 2 is 1.63 bits per heavy atom. The molecule has 30 heavy (non-hydrogen) atoms. The van der Waals surface area contributed by atoms with E-state index in [4.69, 9.17) is 9.47 Å². The molecule has 0 bridgehead atoms. The van der Waals surface area contributed by atoms with E-state index in [1.165, 1.54) is 0 Å². The van der Waals surface area contributed by atoms with Crippen molar-refractivity contribution in [2.24, 2.45) is 0 Å². The SMILES string of the molecule is COc1ccc(CNCc2c(C(=O)O)c(C)n(Cc3cccc(OC)c3)c2C)cc1. The molecular formula is C24H28N2O4. The summed E-state index contributed by atoms with van der Waals surface area (Å²) < 4.78 is 12.6. The highest BCUT2D eigenvalue weighted by Gasteiger charge is 2.22. The number of benzene rings is 2. The van der Waals surface area contributed by atoms with Gasteiger partial charge in [-0.05, 0) is 49.2 Å². The van der Waals surface area contributed by atoms with Crippen LogP contribution < -0.4 is 14.8 Å². The standard InChI is InChI=1S/C24H28N2O4/c1-16-22(14-25-13-18-8-10-20(29-3)11-9-18)23(24(27)28)17(2)26(16)15-19-6-5-7-21(12-19)30-4/h5-12,25H,13-15H2,1-4H3,(H,27,28). The van der Waals surface area contributed by atoms with Crippen molar-refractivity contribution in [3.05, 3.63) is 82.2 Å². The van der Waals surface area contributed by atoms with Gasteiger partial charge in [0.2, 0.25) is 0 Å². The third kappa shape index (κ3) is 4.66. The number of rotatable bonds is 9. The van der Waals surface area contributed by atoms with Gasteiger partial charge in [-0.25, -0.2) is 4.79 Å². The Kier molecular flexibility index (Phi) is 6.79. The molecule has 1 aromatic heterocycles. The Labute approximate surface area is 177 Å². The van der Waals surface area contributed by atoms with Gasteiger partial charge in [0, 0.05) is 36.6 Å². The zero-order chi connectivity index (χ0) is 21.7. The molecule has 3 rings (SSSR count). The van der Waals surface area contributed by atoms with E-state index in [-0.39, 0.29) is 0 Å². The second kappa shape index (κ2) is 9.50. The first-order valence-corrected chi connectivity index (χ1v) is 9.83. The van der Waals surface area contributed by atoms with Crippen molar-refractivity contribution >= 4 is 5.97 Å². The minimum atomic E-state index is -0.902. The first-order valence-electron chi connectivity index (χ1n) is 9.83. The lowest BCUT2D eigenvalue weighted by Crippen LogP contribution is -2.15. The highest BCUT2D eigenvalue weighted by molar-refractivity contribution is 5.91. The molecule has 0 amide bonds. The third-order valence-corrected chi connectivity index (χ3v) is 5.39. The Bertz CT molecular complexity index is 1020. The van der Waals surface area contributed by atoms with E-state index in [2.05, 4.69) is 9.88 Å². The highest BCUT2D eigenvalue weighted by Crippen LogP contribution is 2.25. The summed E-state index contributed by atoms with van der Waals surface area (Å²) in [6, 6.07) is 15.7. The van der Waals surface area contributed by atoms with Crippen LogP contribution in [0.4, 0.5) is 0 Å². The van der Waals surface area contributed by atoms with E-state index >= 15 is 0 Å². The number of ether oxygens (including phenoxy) is 2. The number of carbonyl (C=O) groups is 1. The average molecular weight is 408 g/mol. The van der Waals surface area contributed by atoms with Gasteiger partial charge in [-0.15, -0.1) is 0 Å². The molecule has 0 aliphatic rings. The molecule has 0 unspecified atom stereocenters. The van der Waals surface area contributed by atoms with Crippen LogP contribution in [0.25, 0.3) is 0 Å². The quantitative estimate of drug-likeness (QED) is 0.556. The second-order valence-electron chi connectivity index (χ2n) is 7.22. The summed E-state index contributed by atoms with van der Waals surface area (Å²) in [7, 11) is 3.28. The minimum Gasteiger partial charge on any atom is -0.497 e. The Balaban J connectivity index is 1.80. The van der Waals surface area contributed by atoms with E-state index in [1.54, 1.807) is 14.2 Å². The van der Waals surface area contributed by atoms with Crippen molar-refractivity contribution in [2.45, 2.75) is 33.5 Å². The molecule has 3 aromatic rings. The molecule has 6 heteroatoms. The molecule has 0 atom stereocenters. The average Bonchev–Trinajstić information content (AvgIpc) is 2.99. The zero-order valence-corrected chi connectivity index (χ0v) is 17.9. The van der Waals surface area contributed by atoms with E-state index in [0.717, 1.165) is 39.6 Å². The molecule has 0 radical (unpaired) electrons. The van der Waals surface area contributed by atoms with Crippen molar-refractivity contribution in [3.63, 3.8) is 0 Å². The molecule has 0 saturated heterocycles. The highest BCUT2D eigenvalue weighted by atomic mass is 16.5. The van der Waals surface area contributed by atoms with Crippen molar-refractivity contribution < 1.29 is 19.4 Å². The summed E-state index contributed by atoms with van der Waals surface area (Å²) in [5.41, 5.74) is 5.07. The lowest BCUT2D eigenvalue weighted by molar-refractivity contribution is 0.0694. The molecule has 158 valence electrons. The topological polar surface area (TPSA) is 72.7 Å². The third-order valence-electron chi connectivity index (χ3n) is 5.39. The largest absolute Gasteiger partial charge is 0.497 e. The van der Waals surface area contributed by atoms with Crippen LogP contribution in [0.15, 0.2) is 48.5 Å². The lowest BCUT2D eigenvalue weighted by Gasteiger charge is -2.11. The van der Waals surface area contributed by atoms with Crippen molar-refractivity contribution in [1.82, 2.24) is 9.88 Å². The molecule has 0 aliphatic carbocycles. The molecule has 2 N–H and O–H groups in total. The normalized spacial score (nSPS) is 10.8. The maximum Gasteiger partial charge on any atom is 0.337 e. The van der Waals surface area contributed by atoms with Crippen LogP contribution in [0.3, 0.4) is 0 Å². The molecule has 1 heterocycles. The van der Waals surface area contributed by atoms with Crippen molar-refractivity contribution in [3.8, 4) is 11.5 Å². The molecule has 0 saturated carbocycles. The molecule has 2 aromatic carbocycles. The van der Waals surface area contributed by atoms with Crippen LogP contribution >= 0.6 is 0 Å². The smallest absolute Gasteiger partial charge is 0.337 e. The molecular weight excluding hydrogens is 380 g/mol. The number of hydrogen-bond donors (Lipinski definition) is 2. The Morgan fingerprint density at radius 1 is 0.933 bits per heavy atom. The summed E-state index contributed by atoms with van der Waals surface area (Å²) in [4.78, 5) is 12.0. The first kappa shape index (κ1) is 21.5. The van der Waals surface area contributed by atoms with E-state index in [1.807, 2.05) is 62.4 Å². The number of carboxylic acids is 1.